The zero-order chi connectivity index (χ0) is 12.2. The highest BCUT2D eigenvalue weighted by molar-refractivity contribution is 5.79. The Morgan fingerprint density at radius 3 is 2.07 bits per heavy atom. The van der Waals surface area contributed by atoms with Crippen molar-refractivity contribution >= 4 is 5.97 Å². The summed E-state index contributed by atoms with van der Waals surface area (Å²) in [5, 5.41) is 10.5. The van der Waals surface area contributed by atoms with Crippen molar-refractivity contribution in [1.29, 1.82) is 0 Å². The minimum Gasteiger partial charge on any atom is -0.467 e. The molecule has 0 aliphatic carbocycles. The summed E-state index contributed by atoms with van der Waals surface area (Å²) in [5.41, 5.74) is -1.37. The Morgan fingerprint density at radius 2 is 1.80 bits per heavy atom. The van der Waals surface area contributed by atoms with Crippen LogP contribution < -0.4 is 0 Å². The third-order valence-electron chi connectivity index (χ3n) is 3.58. The fraction of sp³-hybridized carbons (Fsp3) is 0.917. The van der Waals surface area contributed by atoms with Crippen molar-refractivity contribution in [2.75, 3.05) is 7.11 Å². The topological polar surface area (TPSA) is 46.5 Å². The van der Waals surface area contributed by atoms with E-state index in [1.54, 1.807) is 0 Å². The minimum absolute atomic E-state index is 0.102. The van der Waals surface area contributed by atoms with Gasteiger partial charge in [-0.05, 0) is 17.8 Å². The predicted octanol–water partition coefficient (Wildman–Crippen LogP) is 2.23. The molecule has 15 heavy (non-hydrogen) atoms. The van der Waals surface area contributed by atoms with Crippen molar-refractivity contribution < 1.29 is 14.6 Å². The Kier molecular flexibility index (Phi) is 5.29. The van der Waals surface area contributed by atoms with Crippen LogP contribution in [0.15, 0.2) is 0 Å². The molecular weight excluding hydrogens is 192 g/mol. The molecule has 1 N–H and O–H groups in total. The third-order valence-corrected chi connectivity index (χ3v) is 3.58. The second kappa shape index (κ2) is 5.50. The van der Waals surface area contributed by atoms with Gasteiger partial charge in [0.25, 0.3) is 0 Å². The largest absolute Gasteiger partial charge is 0.467 e. The number of rotatable bonds is 5. The molecule has 0 rings (SSSR count). The molecule has 3 heteroatoms. The van der Waals surface area contributed by atoms with Crippen molar-refractivity contribution in [3.05, 3.63) is 0 Å². The fourth-order valence-electron chi connectivity index (χ4n) is 1.90. The number of hydrogen-bond acceptors (Lipinski definition) is 3. The first kappa shape index (κ1) is 14.4. The zero-order valence-electron chi connectivity index (χ0n) is 10.7. The Bertz CT molecular complexity index is 213. The lowest BCUT2D eigenvalue weighted by atomic mass is 9.73. The molecule has 0 amide bonds. The summed E-state index contributed by atoms with van der Waals surface area (Å²) in [6.07, 6.45) is 0.938. The van der Waals surface area contributed by atoms with Gasteiger partial charge in [0.15, 0.2) is 5.60 Å². The molecule has 3 nitrogen and oxygen atoms in total. The second-order valence-corrected chi connectivity index (χ2v) is 4.65. The molecule has 0 radical (unpaired) electrons. The Morgan fingerprint density at radius 1 is 1.33 bits per heavy atom. The Balaban J connectivity index is 5.02. The van der Waals surface area contributed by atoms with Crippen molar-refractivity contribution in [2.45, 2.75) is 46.6 Å². The summed E-state index contributed by atoms with van der Waals surface area (Å²) in [6, 6.07) is 0. The van der Waals surface area contributed by atoms with Crippen molar-refractivity contribution in [1.82, 2.24) is 0 Å². The van der Waals surface area contributed by atoms with Crippen LogP contribution >= 0.6 is 0 Å². The number of esters is 1. The molecule has 0 fully saturated rings. The standard InChI is InChI=1S/C12H24O3/c1-7-9(4)10(5)12(14,8(2)3)11(13)15-6/h8-10,14H,7H2,1-6H3. The lowest BCUT2D eigenvalue weighted by Crippen LogP contribution is -2.52. The van der Waals surface area contributed by atoms with E-state index in [1.165, 1.54) is 7.11 Å². The normalized spacial score (nSPS) is 19.5. The summed E-state index contributed by atoms with van der Waals surface area (Å²) in [7, 11) is 1.32. The molecule has 0 aromatic carbocycles. The van der Waals surface area contributed by atoms with E-state index < -0.39 is 11.6 Å². The van der Waals surface area contributed by atoms with Crippen LogP contribution in [0, 0.1) is 17.8 Å². The molecule has 0 aromatic heterocycles. The van der Waals surface area contributed by atoms with Crippen LogP contribution in [0.3, 0.4) is 0 Å². The van der Waals surface area contributed by atoms with Gasteiger partial charge in [-0.3, -0.25) is 0 Å². The lowest BCUT2D eigenvalue weighted by molar-refractivity contribution is -0.177. The van der Waals surface area contributed by atoms with Crippen LogP contribution in [0.25, 0.3) is 0 Å². The van der Waals surface area contributed by atoms with E-state index in [-0.39, 0.29) is 17.8 Å². The Labute approximate surface area is 92.8 Å². The van der Waals surface area contributed by atoms with Crippen LogP contribution in [-0.2, 0) is 9.53 Å². The predicted molar refractivity (Wildman–Crippen MR) is 60.4 cm³/mol. The van der Waals surface area contributed by atoms with E-state index in [0.717, 1.165) is 6.42 Å². The second-order valence-electron chi connectivity index (χ2n) is 4.65. The van der Waals surface area contributed by atoms with Gasteiger partial charge in [0.1, 0.15) is 0 Å². The van der Waals surface area contributed by atoms with Crippen LogP contribution in [0.5, 0.6) is 0 Å². The highest BCUT2D eigenvalue weighted by atomic mass is 16.5. The maximum Gasteiger partial charge on any atom is 0.338 e. The van der Waals surface area contributed by atoms with Gasteiger partial charge < -0.3 is 9.84 Å². The van der Waals surface area contributed by atoms with Crippen molar-refractivity contribution in [3.63, 3.8) is 0 Å². The smallest absolute Gasteiger partial charge is 0.338 e. The van der Waals surface area contributed by atoms with Crippen LogP contribution in [0.4, 0.5) is 0 Å². The summed E-state index contributed by atoms with van der Waals surface area (Å²) >= 11 is 0. The van der Waals surface area contributed by atoms with E-state index in [1.807, 2.05) is 27.7 Å². The number of hydrogen-bond donors (Lipinski definition) is 1. The van der Waals surface area contributed by atoms with Gasteiger partial charge in [-0.15, -0.1) is 0 Å². The lowest BCUT2D eigenvalue weighted by Gasteiger charge is -2.37. The molecule has 0 heterocycles. The van der Waals surface area contributed by atoms with Gasteiger partial charge in [0.05, 0.1) is 7.11 Å². The highest BCUT2D eigenvalue weighted by Gasteiger charge is 2.47. The molecular formula is C12H24O3. The maximum absolute atomic E-state index is 11.7. The molecule has 0 spiro atoms. The quantitative estimate of drug-likeness (QED) is 0.717. The summed E-state index contributed by atoms with van der Waals surface area (Å²) in [6.45, 7) is 9.69. The molecule has 0 aliphatic rings. The van der Waals surface area contributed by atoms with Gasteiger partial charge in [0.2, 0.25) is 0 Å². The number of aliphatic hydroxyl groups is 1. The van der Waals surface area contributed by atoms with E-state index in [9.17, 15) is 9.90 Å². The van der Waals surface area contributed by atoms with E-state index in [4.69, 9.17) is 4.74 Å². The SMILES string of the molecule is CCC(C)C(C)C(O)(C(=O)OC)C(C)C. The fourth-order valence-corrected chi connectivity index (χ4v) is 1.90. The van der Waals surface area contributed by atoms with Crippen LogP contribution in [0.2, 0.25) is 0 Å². The first-order chi connectivity index (χ1) is 6.82. The molecule has 0 saturated carbocycles. The molecule has 3 atom stereocenters. The molecule has 90 valence electrons. The average Bonchev–Trinajstić information content (AvgIpc) is 2.24. The highest BCUT2D eigenvalue weighted by Crippen LogP contribution is 2.33. The Hall–Kier alpha value is -0.570. The molecule has 3 unspecified atom stereocenters. The van der Waals surface area contributed by atoms with E-state index in [2.05, 4.69) is 6.92 Å². The van der Waals surface area contributed by atoms with Crippen LogP contribution in [0.1, 0.15) is 41.0 Å². The average molecular weight is 216 g/mol. The first-order valence-electron chi connectivity index (χ1n) is 5.63. The third kappa shape index (κ3) is 2.71. The number of methoxy groups -OCH3 is 1. The maximum atomic E-state index is 11.7. The van der Waals surface area contributed by atoms with E-state index in [0.29, 0.717) is 0 Å². The van der Waals surface area contributed by atoms with Gasteiger partial charge in [0, 0.05) is 0 Å². The summed E-state index contributed by atoms with van der Waals surface area (Å²) in [4.78, 5) is 11.7. The van der Waals surface area contributed by atoms with E-state index >= 15 is 0 Å². The van der Waals surface area contributed by atoms with Gasteiger partial charge in [-0.25, -0.2) is 4.79 Å². The first-order valence-corrected chi connectivity index (χ1v) is 5.63. The van der Waals surface area contributed by atoms with Crippen molar-refractivity contribution in [2.24, 2.45) is 17.8 Å². The monoisotopic (exact) mass is 216 g/mol. The number of carbonyl (C=O) groups is 1. The summed E-state index contributed by atoms with van der Waals surface area (Å²) in [5.74, 6) is -0.481. The molecule has 0 aliphatic heterocycles. The van der Waals surface area contributed by atoms with Gasteiger partial charge in [-0.2, -0.15) is 0 Å². The zero-order valence-corrected chi connectivity index (χ0v) is 10.7. The molecule has 0 saturated heterocycles. The van der Waals surface area contributed by atoms with Gasteiger partial charge >= 0.3 is 5.97 Å². The van der Waals surface area contributed by atoms with Gasteiger partial charge in [-0.1, -0.05) is 41.0 Å². The molecule has 0 aromatic rings. The minimum atomic E-state index is -1.37. The number of ether oxygens (including phenoxy) is 1. The van der Waals surface area contributed by atoms with Crippen LogP contribution in [-0.4, -0.2) is 23.8 Å². The summed E-state index contributed by atoms with van der Waals surface area (Å²) < 4.78 is 4.70. The number of carbonyl (C=O) groups excluding carboxylic acids is 1. The van der Waals surface area contributed by atoms with Crippen molar-refractivity contribution in [3.8, 4) is 0 Å². The molecule has 0 bridgehead atoms.